The normalized spacial score (nSPS) is 16.6. The van der Waals surface area contributed by atoms with E-state index in [-0.39, 0.29) is 11.8 Å². The Morgan fingerprint density at radius 2 is 1.28 bits per heavy atom. The lowest BCUT2D eigenvalue weighted by atomic mass is 9.84. The van der Waals surface area contributed by atoms with E-state index < -0.39 is 0 Å². The number of fused-ring (bicyclic) bond motifs is 2. The van der Waals surface area contributed by atoms with Gasteiger partial charge in [0.25, 0.3) is 11.8 Å². The number of unbranched alkanes of at least 4 members (excludes halogenated alkanes) is 2. The zero-order valence-electron chi connectivity index (χ0n) is 22.5. The maximum Gasteiger partial charge on any atom is 0.261 e. The number of carbonyl (C=O) groups excluding carboxylic acids is 2. The smallest absolute Gasteiger partial charge is 0.261 e. The average molecular weight is 519 g/mol. The van der Waals surface area contributed by atoms with Crippen LogP contribution < -0.4 is 10.6 Å². The molecule has 0 spiro atoms. The van der Waals surface area contributed by atoms with Crippen molar-refractivity contribution in [3.05, 3.63) is 65.7 Å². The number of nitrogens with two attached hydrogens (primary N) is 1. The number of imide groups is 1. The first kappa shape index (κ1) is 24.3. The Labute approximate surface area is 228 Å². The molecule has 1 fully saturated rings. The Morgan fingerprint density at radius 1 is 0.667 bits per heavy atom. The van der Waals surface area contributed by atoms with E-state index in [1.807, 2.05) is 12.1 Å². The van der Waals surface area contributed by atoms with Gasteiger partial charge >= 0.3 is 0 Å². The van der Waals surface area contributed by atoms with Crippen molar-refractivity contribution < 1.29 is 9.59 Å². The van der Waals surface area contributed by atoms with Crippen LogP contribution in [0.15, 0.2) is 54.6 Å². The summed E-state index contributed by atoms with van der Waals surface area (Å²) in [6.45, 7) is 8.25. The fraction of sp³-hybridized carbons (Fsp3) is 0.333. The Morgan fingerprint density at radius 3 is 1.95 bits per heavy atom. The Balaban J connectivity index is 1.41. The molecule has 0 saturated carbocycles. The van der Waals surface area contributed by atoms with Crippen molar-refractivity contribution in [3.63, 3.8) is 0 Å². The third-order valence-electron chi connectivity index (χ3n) is 8.85. The van der Waals surface area contributed by atoms with Crippen LogP contribution in [0.4, 0.5) is 5.69 Å². The molecule has 0 unspecified atom stereocenters. The number of hydrogen-bond acceptors (Lipinski definition) is 5. The van der Waals surface area contributed by atoms with Crippen molar-refractivity contribution in [2.24, 2.45) is 5.73 Å². The molecule has 7 rings (SSSR count). The minimum absolute atomic E-state index is 0.166. The number of anilines is 1. The molecular weight excluding hydrogens is 484 g/mol. The molecule has 198 valence electrons. The lowest BCUT2D eigenvalue weighted by molar-refractivity contribution is 0.0608. The van der Waals surface area contributed by atoms with Gasteiger partial charge < -0.3 is 10.6 Å². The zero-order valence-corrected chi connectivity index (χ0v) is 22.5. The number of hydrogen-bond donors (Lipinski definition) is 1. The molecule has 0 radical (unpaired) electrons. The van der Waals surface area contributed by atoms with Crippen molar-refractivity contribution in [1.82, 2.24) is 9.80 Å². The highest BCUT2D eigenvalue weighted by molar-refractivity contribution is 6.38. The lowest BCUT2D eigenvalue weighted by Crippen LogP contribution is -2.47. The van der Waals surface area contributed by atoms with Gasteiger partial charge in [0.05, 0.1) is 0 Å². The number of carbonyl (C=O) groups is 2. The van der Waals surface area contributed by atoms with Crippen LogP contribution in [0.3, 0.4) is 0 Å². The van der Waals surface area contributed by atoms with Crippen LogP contribution in [0.5, 0.6) is 0 Å². The number of piperazine rings is 1. The molecule has 5 aromatic carbocycles. The van der Waals surface area contributed by atoms with Gasteiger partial charge in [0.2, 0.25) is 0 Å². The van der Waals surface area contributed by atoms with Crippen LogP contribution in [0.2, 0.25) is 0 Å². The molecule has 2 aliphatic heterocycles. The monoisotopic (exact) mass is 518 g/mol. The molecule has 0 atom stereocenters. The number of amides is 2. The average Bonchev–Trinajstić information content (AvgIpc) is 2.97. The van der Waals surface area contributed by atoms with Gasteiger partial charge in [-0.2, -0.15) is 0 Å². The maximum atomic E-state index is 13.5. The van der Waals surface area contributed by atoms with Crippen LogP contribution in [-0.4, -0.2) is 67.4 Å². The predicted octanol–water partition coefficient (Wildman–Crippen LogP) is 5.60. The van der Waals surface area contributed by atoms with Gasteiger partial charge in [-0.25, -0.2) is 0 Å². The first-order valence-electron chi connectivity index (χ1n) is 14.3. The van der Waals surface area contributed by atoms with Crippen molar-refractivity contribution in [2.45, 2.75) is 26.2 Å². The van der Waals surface area contributed by atoms with E-state index in [2.05, 4.69) is 59.2 Å². The molecule has 0 aliphatic carbocycles. The molecule has 0 bridgehead atoms. The number of rotatable bonds is 7. The molecule has 6 nitrogen and oxygen atoms in total. The summed E-state index contributed by atoms with van der Waals surface area (Å²) in [6, 6.07) is 19.1. The molecule has 1 saturated heterocycles. The van der Waals surface area contributed by atoms with Crippen molar-refractivity contribution in [2.75, 3.05) is 50.7 Å². The van der Waals surface area contributed by atoms with Gasteiger partial charge in [-0.15, -0.1) is 0 Å². The van der Waals surface area contributed by atoms with E-state index in [0.29, 0.717) is 24.2 Å². The zero-order chi connectivity index (χ0) is 26.7. The number of benzene rings is 5. The van der Waals surface area contributed by atoms with E-state index in [4.69, 9.17) is 5.73 Å². The van der Waals surface area contributed by atoms with Crippen LogP contribution in [0.25, 0.3) is 43.1 Å². The molecular formula is C33H34N4O2. The van der Waals surface area contributed by atoms with Crippen molar-refractivity contribution in [1.29, 1.82) is 0 Å². The predicted molar refractivity (Wildman–Crippen MR) is 160 cm³/mol. The summed E-state index contributed by atoms with van der Waals surface area (Å²) < 4.78 is 0. The fourth-order valence-electron chi connectivity index (χ4n) is 6.92. The highest BCUT2D eigenvalue weighted by atomic mass is 16.2. The SMILES string of the molecule is CCCCCN1C(=O)c2ccc3c4cccc5c(N6CCN(CCN)CC6)ccc(c6ccc(c2c36)C1=O)c54. The third kappa shape index (κ3) is 3.62. The largest absolute Gasteiger partial charge is 0.368 e. The van der Waals surface area contributed by atoms with Gasteiger partial charge in [0.1, 0.15) is 0 Å². The Kier molecular flexibility index (Phi) is 5.90. The fourth-order valence-corrected chi connectivity index (χ4v) is 6.92. The highest BCUT2D eigenvalue weighted by Crippen LogP contribution is 2.45. The van der Waals surface area contributed by atoms with E-state index >= 15 is 0 Å². The summed E-state index contributed by atoms with van der Waals surface area (Å²) in [5.74, 6) is -0.333. The molecule has 2 N–H and O–H groups in total. The van der Waals surface area contributed by atoms with Gasteiger partial charge in [-0.3, -0.25) is 19.4 Å². The molecule has 2 heterocycles. The highest BCUT2D eigenvalue weighted by Gasteiger charge is 2.34. The summed E-state index contributed by atoms with van der Waals surface area (Å²) in [5, 5.41) is 8.91. The van der Waals surface area contributed by atoms with E-state index in [1.165, 1.54) is 32.1 Å². The summed E-state index contributed by atoms with van der Waals surface area (Å²) in [6.07, 6.45) is 2.89. The Bertz CT molecular complexity index is 1680. The van der Waals surface area contributed by atoms with E-state index in [1.54, 1.807) is 0 Å². The van der Waals surface area contributed by atoms with E-state index in [0.717, 1.165) is 73.5 Å². The van der Waals surface area contributed by atoms with Crippen LogP contribution in [0.1, 0.15) is 46.9 Å². The van der Waals surface area contributed by atoms with Gasteiger partial charge in [0.15, 0.2) is 0 Å². The quantitative estimate of drug-likeness (QED) is 0.131. The van der Waals surface area contributed by atoms with Gasteiger partial charge in [0, 0.05) is 73.4 Å². The van der Waals surface area contributed by atoms with Crippen LogP contribution in [0, 0.1) is 0 Å². The summed E-state index contributed by atoms with van der Waals surface area (Å²) in [4.78, 5) is 33.5. The van der Waals surface area contributed by atoms with Crippen molar-refractivity contribution >= 4 is 60.6 Å². The molecule has 2 amide bonds. The Hall–Kier alpha value is -3.74. The number of nitrogens with zero attached hydrogens (tertiary/aromatic N) is 3. The molecule has 2 aliphatic rings. The third-order valence-corrected chi connectivity index (χ3v) is 8.85. The van der Waals surface area contributed by atoms with Crippen LogP contribution >= 0.6 is 0 Å². The van der Waals surface area contributed by atoms with E-state index in [9.17, 15) is 9.59 Å². The topological polar surface area (TPSA) is 69.9 Å². The van der Waals surface area contributed by atoms with Gasteiger partial charge in [-0.05, 0) is 56.9 Å². The van der Waals surface area contributed by atoms with Crippen molar-refractivity contribution in [3.8, 4) is 0 Å². The molecule has 39 heavy (non-hydrogen) atoms. The minimum atomic E-state index is -0.166. The standard InChI is InChI=1S/C33H34N4O2/c1-2-3-4-15-37-32(38)26-10-8-23-21-6-5-7-25-28(36-19-17-35(16-14-34)18-20-36)13-12-22(29(21)25)24-9-11-27(33(37)39)31(26)30(23)24/h5-13H,2-4,14-20,34H2,1H3. The maximum absolute atomic E-state index is 13.5. The first-order chi connectivity index (χ1) is 19.1. The van der Waals surface area contributed by atoms with Gasteiger partial charge in [-0.1, -0.05) is 56.2 Å². The second kappa shape index (κ2) is 9.47. The lowest BCUT2D eigenvalue weighted by Gasteiger charge is -2.36. The second-order valence-electron chi connectivity index (χ2n) is 11.0. The second-order valence-corrected chi connectivity index (χ2v) is 11.0. The minimum Gasteiger partial charge on any atom is -0.368 e. The molecule has 0 aromatic heterocycles. The first-order valence-corrected chi connectivity index (χ1v) is 14.3. The molecule has 6 heteroatoms. The summed E-state index contributed by atoms with van der Waals surface area (Å²) in [5.41, 5.74) is 8.34. The summed E-state index contributed by atoms with van der Waals surface area (Å²) >= 11 is 0. The summed E-state index contributed by atoms with van der Waals surface area (Å²) in [7, 11) is 0. The molecule has 5 aromatic rings. The van der Waals surface area contributed by atoms with Crippen LogP contribution in [-0.2, 0) is 0 Å².